The van der Waals surface area contributed by atoms with Crippen LogP contribution < -0.4 is 10.3 Å². The van der Waals surface area contributed by atoms with Gasteiger partial charge in [0.2, 0.25) is 5.91 Å². The Balaban J connectivity index is 1.71. The van der Waals surface area contributed by atoms with Crippen LogP contribution >= 0.6 is 0 Å². The predicted octanol–water partition coefficient (Wildman–Crippen LogP) is 4.67. The van der Waals surface area contributed by atoms with Crippen LogP contribution in [0.3, 0.4) is 0 Å². The van der Waals surface area contributed by atoms with Gasteiger partial charge in [-0.3, -0.25) is 10.2 Å². The molecule has 0 atom stereocenters. The Labute approximate surface area is 149 Å². The Kier molecular flexibility index (Phi) is 4.97. The van der Waals surface area contributed by atoms with Crippen LogP contribution in [-0.4, -0.2) is 18.2 Å². The molecule has 4 nitrogen and oxygen atoms in total. The Hall–Kier alpha value is -2.83. The summed E-state index contributed by atoms with van der Waals surface area (Å²) in [4.78, 5) is 13.5. The number of alkyl halides is 3. The minimum Gasteiger partial charge on any atom is -0.312 e. The average Bonchev–Trinajstić information content (AvgIpc) is 3.05. The van der Waals surface area contributed by atoms with E-state index >= 15 is 0 Å². The topological polar surface area (TPSA) is 44.7 Å². The molecule has 0 bridgehead atoms. The molecule has 0 unspecified atom stereocenters. The first kappa shape index (κ1) is 18.0. The van der Waals surface area contributed by atoms with Crippen molar-refractivity contribution in [3.05, 3.63) is 59.7 Å². The molecule has 2 aromatic rings. The molecular formula is C19H18F3N3O. The van der Waals surface area contributed by atoms with E-state index in [1.807, 2.05) is 24.3 Å². The maximum Gasteiger partial charge on any atom is 0.416 e. The second-order valence-corrected chi connectivity index (χ2v) is 6.08. The van der Waals surface area contributed by atoms with Crippen molar-refractivity contribution in [3.8, 4) is 0 Å². The highest BCUT2D eigenvalue weighted by atomic mass is 19.4. The van der Waals surface area contributed by atoms with Crippen LogP contribution in [-0.2, 0) is 11.0 Å². The Morgan fingerprint density at radius 2 is 1.88 bits per heavy atom. The number of carbonyl (C=O) groups is 1. The highest BCUT2D eigenvalue weighted by Gasteiger charge is 2.30. The summed E-state index contributed by atoms with van der Waals surface area (Å²) in [6, 6.07) is 12.3. The fraction of sp³-hybridized carbons (Fsp3) is 0.263. The number of halogens is 3. The number of nitrogens with one attached hydrogen (secondary N) is 1. The van der Waals surface area contributed by atoms with E-state index < -0.39 is 11.7 Å². The predicted molar refractivity (Wildman–Crippen MR) is 95.3 cm³/mol. The van der Waals surface area contributed by atoms with Crippen molar-refractivity contribution in [2.24, 2.45) is 5.10 Å². The Bertz CT molecular complexity index is 829. The summed E-state index contributed by atoms with van der Waals surface area (Å²) < 4.78 is 38.2. The van der Waals surface area contributed by atoms with Crippen molar-refractivity contribution < 1.29 is 18.0 Å². The van der Waals surface area contributed by atoms with Crippen LogP contribution in [0.25, 0.3) is 0 Å². The monoisotopic (exact) mass is 361 g/mol. The van der Waals surface area contributed by atoms with Crippen LogP contribution in [0, 0.1) is 0 Å². The van der Waals surface area contributed by atoms with Gasteiger partial charge in [-0.1, -0.05) is 18.2 Å². The van der Waals surface area contributed by atoms with Gasteiger partial charge in [-0.25, -0.2) is 0 Å². The molecule has 26 heavy (non-hydrogen) atoms. The summed E-state index contributed by atoms with van der Waals surface area (Å²) in [5.41, 5.74) is 4.48. The standard InChI is InChI=1S/C19H18F3N3O/c1-13(23-24-16-5-2-4-15(12-16)19(20,21)22)14-7-9-17(10-8-14)25-11-3-6-18(25)26/h2,4-5,7-10,12,24H,3,6,11H2,1H3. The highest BCUT2D eigenvalue weighted by Crippen LogP contribution is 2.30. The molecule has 0 radical (unpaired) electrons. The first-order chi connectivity index (χ1) is 12.3. The van der Waals surface area contributed by atoms with Gasteiger partial charge in [0.05, 0.1) is 17.0 Å². The number of benzene rings is 2. The largest absolute Gasteiger partial charge is 0.416 e. The Morgan fingerprint density at radius 1 is 1.15 bits per heavy atom. The Morgan fingerprint density at radius 3 is 2.50 bits per heavy atom. The molecule has 136 valence electrons. The number of anilines is 2. The molecule has 0 spiro atoms. The number of rotatable bonds is 4. The lowest BCUT2D eigenvalue weighted by Crippen LogP contribution is -2.23. The lowest BCUT2D eigenvalue weighted by Gasteiger charge is -2.16. The van der Waals surface area contributed by atoms with E-state index in [1.54, 1.807) is 11.8 Å². The van der Waals surface area contributed by atoms with Crippen molar-refractivity contribution in [2.45, 2.75) is 25.9 Å². The molecule has 1 aliphatic rings. The van der Waals surface area contributed by atoms with E-state index in [4.69, 9.17) is 0 Å². The molecule has 1 amide bonds. The molecule has 0 saturated carbocycles. The van der Waals surface area contributed by atoms with Gasteiger partial charge in [-0.05, 0) is 49.2 Å². The zero-order valence-corrected chi connectivity index (χ0v) is 14.2. The van der Waals surface area contributed by atoms with Crippen LogP contribution in [0.5, 0.6) is 0 Å². The number of hydrogen-bond acceptors (Lipinski definition) is 3. The number of amides is 1. The normalized spacial score (nSPS) is 15.5. The van der Waals surface area contributed by atoms with Crippen molar-refractivity contribution in [1.29, 1.82) is 0 Å². The molecular weight excluding hydrogens is 343 g/mol. The molecule has 0 aromatic heterocycles. The number of hydrazone groups is 1. The molecule has 1 fully saturated rings. The van der Waals surface area contributed by atoms with Crippen molar-refractivity contribution in [3.63, 3.8) is 0 Å². The number of hydrogen-bond donors (Lipinski definition) is 1. The van der Waals surface area contributed by atoms with Gasteiger partial charge in [0.1, 0.15) is 0 Å². The SMILES string of the molecule is CC(=NNc1cccc(C(F)(F)F)c1)c1ccc(N2CCCC2=O)cc1. The lowest BCUT2D eigenvalue weighted by molar-refractivity contribution is -0.137. The molecule has 1 N–H and O–H groups in total. The van der Waals surface area contributed by atoms with Gasteiger partial charge in [0, 0.05) is 18.7 Å². The zero-order valence-electron chi connectivity index (χ0n) is 14.2. The van der Waals surface area contributed by atoms with E-state index in [9.17, 15) is 18.0 Å². The third-order valence-electron chi connectivity index (χ3n) is 4.21. The minimum atomic E-state index is -4.39. The molecule has 1 saturated heterocycles. The smallest absolute Gasteiger partial charge is 0.312 e. The van der Waals surface area contributed by atoms with E-state index in [1.165, 1.54) is 12.1 Å². The van der Waals surface area contributed by atoms with Gasteiger partial charge < -0.3 is 4.90 Å². The highest BCUT2D eigenvalue weighted by molar-refractivity contribution is 6.00. The molecule has 2 aromatic carbocycles. The molecule has 3 rings (SSSR count). The molecule has 0 aliphatic carbocycles. The third-order valence-corrected chi connectivity index (χ3v) is 4.21. The van der Waals surface area contributed by atoms with Gasteiger partial charge >= 0.3 is 6.18 Å². The van der Waals surface area contributed by atoms with Crippen LogP contribution in [0.4, 0.5) is 24.5 Å². The van der Waals surface area contributed by atoms with Gasteiger partial charge in [0.25, 0.3) is 0 Å². The zero-order chi connectivity index (χ0) is 18.7. The van der Waals surface area contributed by atoms with E-state index in [0.717, 1.165) is 36.3 Å². The summed E-state index contributed by atoms with van der Waals surface area (Å²) in [5.74, 6) is 0.120. The summed E-state index contributed by atoms with van der Waals surface area (Å²) in [6.07, 6.45) is -2.95. The van der Waals surface area contributed by atoms with Crippen LogP contribution in [0.1, 0.15) is 30.9 Å². The maximum atomic E-state index is 12.7. The van der Waals surface area contributed by atoms with Gasteiger partial charge in [0.15, 0.2) is 0 Å². The van der Waals surface area contributed by atoms with Crippen molar-refractivity contribution in [2.75, 3.05) is 16.9 Å². The molecule has 1 aliphatic heterocycles. The average molecular weight is 361 g/mol. The quantitative estimate of drug-likeness (QED) is 0.635. The second-order valence-electron chi connectivity index (χ2n) is 6.08. The third kappa shape index (κ3) is 4.04. The van der Waals surface area contributed by atoms with Crippen LogP contribution in [0.2, 0.25) is 0 Å². The minimum absolute atomic E-state index is 0.120. The molecule has 7 heteroatoms. The summed E-state index contributed by atoms with van der Waals surface area (Å²) in [7, 11) is 0. The molecule has 1 heterocycles. The summed E-state index contributed by atoms with van der Waals surface area (Å²) >= 11 is 0. The van der Waals surface area contributed by atoms with Crippen molar-refractivity contribution in [1.82, 2.24) is 0 Å². The van der Waals surface area contributed by atoms with E-state index in [-0.39, 0.29) is 11.6 Å². The number of carbonyl (C=O) groups excluding carboxylic acids is 1. The fourth-order valence-electron chi connectivity index (χ4n) is 2.78. The first-order valence-corrected chi connectivity index (χ1v) is 8.23. The van der Waals surface area contributed by atoms with Gasteiger partial charge in [-0.15, -0.1) is 0 Å². The van der Waals surface area contributed by atoms with E-state index in [2.05, 4.69) is 10.5 Å². The fourth-order valence-corrected chi connectivity index (χ4v) is 2.78. The number of nitrogens with zero attached hydrogens (tertiary/aromatic N) is 2. The van der Waals surface area contributed by atoms with E-state index in [0.29, 0.717) is 12.1 Å². The lowest BCUT2D eigenvalue weighted by atomic mass is 10.1. The van der Waals surface area contributed by atoms with Gasteiger partial charge in [-0.2, -0.15) is 18.3 Å². The maximum absolute atomic E-state index is 12.7. The van der Waals surface area contributed by atoms with Crippen LogP contribution in [0.15, 0.2) is 53.6 Å². The second kappa shape index (κ2) is 7.19. The summed E-state index contributed by atoms with van der Waals surface area (Å²) in [5, 5.41) is 4.15. The first-order valence-electron chi connectivity index (χ1n) is 8.23. The van der Waals surface area contributed by atoms with Crippen molar-refractivity contribution >= 4 is 23.0 Å². The summed E-state index contributed by atoms with van der Waals surface area (Å²) in [6.45, 7) is 2.49.